The molecule has 1 N–H and O–H groups in total. The average Bonchev–Trinajstić information content (AvgIpc) is 2.81. The number of aliphatic hydroxyl groups is 1. The Morgan fingerprint density at radius 2 is 2.21 bits per heavy atom. The zero-order chi connectivity index (χ0) is 10.1. The number of aliphatic hydroxyl groups excluding tert-OH is 1. The fourth-order valence-corrected chi connectivity index (χ4v) is 2.11. The lowest BCUT2D eigenvalue weighted by molar-refractivity contribution is -0.130. The SMILES string of the molecule is CC(O)C1CCN(C(=O)CC2CC2)C1. The van der Waals surface area contributed by atoms with Crippen molar-refractivity contribution in [3.05, 3.63) is 0 Å². The van der Waals surface area contributed by atoms with Gasteiger partial charge in [0.05, 0.1) is 6.10 Å². The number of hydrogen-bond acceptors (Lipinski definition) is 2. The molecule has 0 spiro atoms. The quantitative estimate of drug-likeness (QED) is 0.733. The summed E-state index contributed by atoms with van der Waals surface area (Å²) in [5, 5.41) is 9.41. The smallest absolute Gasteiger partial charge is 0.222 e. The normalized spacial score (nSPS) is 29.3. The first-order valence-electron chi connectivity index (χ1n) is 5.62. The minimum atomic E-state index is -0.270. The molecule has 80 valence electrons. The van der Waals surface area contributed by atoms with Gasteiger partial charge in [-0.15, -0.1) is 0 Å². The Bertz CT molecular complexity index is 223. The number of nitrogens with zero attached hydrogens (tertiary/aromatic N) is 1. The van der Waals surface area contributed by atoms with Gasteiger partial charge in [0, 0.05) is 25.4 Å². The molecule has 1 heterocycles. The summed E-state index contributed by atoms with van der Waals surface area (Å²) in [6, 6.07) is 0. The van der Waals surface area contributed by atoms with Gasteiger partial charge in [-0.1, -0.05) is 0 Å². The van der Waals surface area contributed by atoms with Crippen molar-refractivity contribution < 1.29 is 9.90 Å². The fourth-order valence-electron chi connectivity index (χ4n) is 2.11. The zero-order valence-electron chi connectivity index (χ0n) is 8.78. The maximum atomic E-state index is 11.7. The van der Waals surface area contributed by atoms with Crippen LogP contribution in [0.25, 0.3) is 0 Å². The summed E-state index contributed by atoms with van der Waals surface area (Å²) in [6.07, 6.45) is 3.91. The van der Waals surface area contributed by atoms with Crippen molar-refractivity contribution in [3.8, 4) is 0 Å². The highest BCUT2D eigenvalue weighted by Crippen LogP contribution is 2.33. The zero-order valence-corrected chi connectivity index (χ0v) is 8.78. The second kappa shape index (κ2) is 3.89. The highest BCUT2D eigenvalue weighted by Gasteiger charge is 2.32. The maximum Gasteiger partial charge on any atom is 0.222 e. The van der Waals surface area contributed by atoms with Crippen molar-refractivity contribution in [2.24, 2.45) is 11.8 Å². The van der Waals surface area contributed by atoms with Gasteiger partial charge in [-0.3, -0.25) is 4.79 Å². The van der Waals surface area contributed by atoms with E-state index in [1.54, 1.807) is 0 Å². The van der Waals surface area contributed by atoms with E-state index in [-0.39, 0.29) is 6.10 Å². The van der Waals surface area contributed by atoms with Crippen molar-refractivity contribution in [2.75, 3.05) is 13.1 Å². The lowest BCUT2D eigenvalue weighted by atomic mass is 10.0. The van der Waals surface area contributed by atoms with E-state index in [4.69, 9.17) is 0 Å². The van der Waals surface area contributed by atoms with Crippen LogP contribution in [0.4, 0.5) is 0 Å². The van der Waals surface area contributed by atoms with E-state index in [0.717, 1.165) is 25.9 Å². The number of rotatable bonds is 3. The fraction of sp³-hybridized carbons (Fsp3) is 0.909. The Hall–Kier alpha value is -0.570. The van der Waals surface area contributed by atoms with Crippen LogP contribution >= 0.6 is 0 Å². The van der Waals surface area contributed by atoms with Gasteiger partial charge in [0.2, 0.25) is 5.91 Å². The highest BCUT2D eigenvalue weighted by atomic mass is 16.3. The molecule has 2 rings (SSSR count). The predicted molar refractivity (Wildman–Crippen MR) is 53.7 cm³/mol. The summed E-state index contributed by atoms with van der Waals surface area (Å²) < 4.78 is 0. The van der Waals surface area contributed by atoms with Gasteiger partial charge < -0.3 is 10.0 Å². The number of amides is 1. The molecule has 2 aliphatic rings. The molecule has 0 bridgehead atoms. The van der Waals surface area contributed by atoms with Gasteiger partial charge in [0.1, 0.15) is 0 Å². The molecule has 2 atom stereocenters. The van der Waals surface area contributed by atoms with Gasteiger partial charge in [-0.05, 0) is 32.1 Å². The monoisotopic (exact) mass is 197 g/mol. The number of carbonyl (C=O) groups is 1. The van der Waals surface area contributed by atoms with Gasteiger partial charge in [-0.25, -0.2) is 0 Å². The number of hydrogen-bond donors (Lipinski definition) is 1. The third-order valence-electron chi connectivity index (χ3n) is 3.42. The minimum absolute atomic E-state index is 0.270. The van der Waals surface area contributed by atoms with Crippen LogP contribution in [-0.2, 0) is 4.79 Å². The van der Waals surface area contributed by atoms with Crippen LogP contribution in [0.1, 0.15) is 32.6 Å². The van der Waals surface area contributed by atoms with Gasteiger partial charge >= 0.3 is 0 Å². The Balaban J connectivity index is 1.78. The van der Waals surface area contributed by atoms with E-state index < -0.39 is 0 Å². The van der Waals surface area contributed by atoms with Crippen LogP contribution in [0, 0.1) is 11.8 Å². The van der Waals surface area contributed by atoms with Gasteiger partial charge in [0.25, 0.3) is 0 Å². The second-order valence-electron chi connectivity index (χ2n) is 4.78. The first-order valence-corrected chi connectivity index (χ1v) is 5.62. The summed E-state index contributed by atoms with van der Waals surface area (Å²) in [7, 11) is 0. The summed E-state index contributed by atoms with van der Waals surface area (Å²) in [5.41, 5.74) is 0. The van der Waals surface area contributed by atoms with Crippen LogP contribution in [0.5, 0.6) is 0 Å². The van der Waals surface area contributed by atoms with Crippen LogP contribution in [0.2, 0.25) is 0 Å². The Morgan fingerprint density at radius 3 is 2.71 bits per heavy atom. The lowest BCUT2D eigenvalue weighted by Gasteiger charge is -2.17. The average molecular weight is 197 g/mol. The third-order valence-corrected chi connectivity index (χ3v) is 3.42. The Labute approximate surface area is 85.1 Å². The van der Waals surface area contributed by atoms with E-state index >= 15 is 0 Å². The van der Waals surface area contributed by atoms with Crippen LogP contribution in [-0.4, -0.2) is 35.1 Å². The predicted octanol–water partition coefficient (Wildman–Crippen LogP) is 1.02. The van der Waals surface area contributed by atoms with Gasteiger partial charge in [-0.2, -0.15) is 0 Å². The van der Waals surface area contributed by atoms with Gasteiger partial charge in [0.15, 0.2) is 0 Å². The first kappa shape index (κ1) is 9.97. The molecule has 1 saturated heterocycles. The van der Waals surface area contributed by atoms with E-state index in [2.05, 4.69) is 0 Å². The molecule has 1 aliphatic carbocycles. The third kappa shape index (κ3) is 2.27. The van der Waals surface area contributed by atoms with Crippen molar-refractivity contribution in [3.63, 3.8) is 0 Å². The molecule has 1 amide bonds. The van der Waals surface area contributed by atoms with E-state index in [9.17, 15) is 9.90 Å². The van der Waals surface area contributed by atoms with Crippen molar-refractivity contribution >= 4 is 5.91 Å². The summed E-state index contributed by atoms with van der Waals surface area (Å²) in [5.74, 6) is 1.28. The van der Waals surface area contributed by atoms with E-state index in [1.165, 1.54) is 12.8 Å². The molecule has 0 aromatic rings. The van der Waals surface area contributed by atoms with E-state index in [1.807, 2.05) is 11.8 Å². The molecular weight excluding hydrogens is 178 g/mol. The molecule has 2 fully saturated rings. The molecule has 2 unspecified atom stereocenters. The Kier molecular flexibility index (Phi) is 2.77. The molecule has 0 aromatic heterocycles. The minimum Gasteiger partial charge on any atom is -0.393 e. The summed E-state index contributed by atoms with van der Waals surface area (Å²) in [4.78, 5) is 13.6. The molecular formula is C11H19NO2. The number of carbonyl (C=O) groups excluding carboxylic acids is 1. The van der Waals surface area contributed by atoms with Crippen molar-refractivity contribution in [2.45, 2.75) is 38.7 Å². The Morgan fingerprint density at radius 1 is 1.50 bits per heavy atom. The first-order chi connectivity index (χ1) is 6.66. The van der Waals surface area contributed by atoms with Crippen molar-refractivity contribution in [1.82, 2.24) is 4.90 Å². The van der Waals surface area contributed by atoms with Crippen LogP contribution < -0.4 is 0 Å². The summed E-state index contributed by atoms with van der Waals surface area (Å²) >= 11 is 0. The van der Waals surface area contributed by atoms with E-state index in [0.29, 0.717) is 17.7 Å². The van der Waals surface area contributed by atoms with Crippen LogP contribution in [0.15, 0.2) is 0 Å². The molecule has 14 heavy (non-hydrogen) atoms. The molecule has 0 aromatic carbocycles. The molecule has 1 saturated carbocycles. The largest absolute Gasteiger partial charge is 0.393 e. The summed E-state index contributed by atoms with van der Waals surface area (Å²) in [6.45, 7) is 3.43. The molecule has 0 radical (unpaired) electrons. The van der Waals surface area contributed by atoms with Crippen LogP contribution in [0.3, 0.4) is 0 Å². The standard InChI is InChI=1S/C11H19NO2/c1-8(13)10-4-5-12(7-10)11(14)6-9-2-3-9/h8-10,13H,2-7H2,1H3. The molecule has 3 nitrogen and oxygen atoms in total. The number of likely N-dealkylation sites (tertiary alicyclic amines) is 1. The molecule has 3 heteroatoms. The maximum absolute atomic E-state index is 11.7. The highest BCUT2D eigenvalue weighted by molar-refractivity contribution is 5.77. The topological polar surface area (TPSA) is 40.5 Å². The lowest BCUT2D eigenvalue weighted by Crippen LogP contribution is -2.30. The van der Waals surface area contributed by atoms with Crippen molar-refractivity contribution in [1.29, 1.82) is 0 Å². The molecule has 1 aliphatic heterocycles. The second-order valence-corrected chi connectivity index (χ2v) is 4.78.